The van der Waals surface area contributed by atoms with Gasteiger partial charge >= 0.3 is 5.97 Å². The number of phenolic OH excluding ortho intramolecular Hbond substituents is 1. The van der Waals surface area contributed by atoms with Gasteiger partial charge in [-0.25, -0.2) is 4.79 Å². The first-order chi connectivity index (χ1) is 31.6. The number of nitrogens with one attached hydrogen (secondary N) is 6. The molecule has 2 aromatic carbocycles. The van der Waals surface area contributed by atoms with Gasteiger partial charge in [-0.05, 0) is 59.4 Å². The molecule has 0 radical (unpaired) electrons. The Bertz CT molecular complexity index is 2030. The van der Waals surface area contributed by atoms with E-state index in [1.807, 2.05) is 26.8 Å². The van der Waals surface area contributed by atoms with E-state index in [0.29, 0.717) is 18.4 Å². The number of unbranched alkanes of at least 4 members (excludes halogenated alkanes) is 1. The molecule has 370 valence electrons. The van der Waals surface area contributed by atoms with E-state index in [-0.39, 0.29) is 61.5 Å². The molecular weight excluding hydrogens is 885 g/mol. The molecular formula is C47H70N8O11S. The Morgan fingerprint density at radius 1 is 0.716 bits per heavy atom. The number of nitrogens with zero attached hydrogens (tertiary/aromatic N) is 1. The van der Waals surface area contributed by atoms with Gasteiger partial charge in [0.25, 0.3) is 0 Å². The van der Waals surface area contributed by atoms with Crippen LogP contribution >= 0.6 is 12.6 Å². The average molecular weight is 955 g/mol. The number of rotatable bonds is 25. The van der Waals surface area contributed by atoms with Crippen LogP contribution < -0.4 is 37.6 Å². The zero-order valence-corrected chi connectivity index (χ0v) is 40.3. The normalized spacial score (nSPS) is 16.6. The van der Waals surface area contributed by atoms with Crippen molar-refractivity contribution in [3.05, 3.63) is 65.2 Å². The van der Waals surface area contributed by atoms with Crippen LogP contribution in [0.4, 0.5) is 0 Å². The van der Waals surface area contributed by atoms with Gasteiger partial charge in [0.05, 0.1) is 12.6 Å². The lowest BCUT2D eigenvalue weighted by Crippen LogP contribution is -2.62. The molecule has 2 aromatic rings. The third-order valence-electron chi connectivity index (χ3n) is 11.5. The molecule has 0 aromatic heterocycles. The summed E-state index contributed by atoms with van der Waals surface area (Å²) in [6.07, 6.45) is 1.23. The van der Waals surface area contributed by atoms with Gasteiger partial charge in [-0.3, -0.25) is 33.6 Å². The van der Waals surface area contributed by atoms with Crippen molar-refractivity contribution in [1.82, 2.24) is 36.8 Å². The number of carbonyl (C=O) groups is 8. The summed E-state index contributed by atoms with van der Waals surface area (Å²) in [7, 11) is 0. The summed E-state index contributed by atoms with van der Waals surface area (Å²) >= 11 is 4.41. The minimum atomic E-state index is -1.60. The molecule has 0 unspecified atom stereocenters. The number of thiol groups is 1. The lowest BCUT2D eigenvalue weighted by molar-refractivity contribution is -0.145. The largest absolute Gasteiger partial charge is 0.508 e. The van der Waals surface area contributed by atoms with Gasteiger partial charge in [-0.2, -0.15) is 12.6 Å². The van der Waals surface area contributed by atoms with E-state index in [1.54, 1.807) is 45.9 Å². The molecule has 0 fully saturated rings. The molecule has 19 nitrogen and oxygen atoms in total. The number of aliphatic hydroxyl groups is 1. The molecule has 1 heterocycles. The maximum atomic E-state index is 14.5. The number of carbonyl (C=O) groups excluding carboxylic acids is 7. The Morgan fingerprint density at radius 3 is 1.84 bits per heavy atom. The fourth-order valence-corrected chi connectivity index (χ4v) is 7.70. The van der Waals surface area contributed by atoms with Crippen LogP contribution in [-0.4, -0.2) is 128 Å². The number of fused-ring (bicyclic) bond motifs is 1. The molecule has 0 saturated carbocycles. The lowest BCUT2D eigenvalue weighted by atomic mass is 9.92. The average Bonchev–Trinajstić information content (AvgIpc) is 3.28. The summed E-state index contributed by atoms with van der Waals surface area (Å²) in [5.74, 6) is -7.26. The van der Waals surface area contributed by atoms with Crippen molar-refractivity contribution in [2.75, 3.05) is 12.4 Å². The molecule has 20 heteroatoms. The quantitative estimate of drug-likeness (QED) is 0.0613. The summed E-state index contributed by atoms with van der Waals surface area (Å²) in [5.41, 5.74) is 8.04. The number of phenols is 1. The second-order valence-corrected chi connectivity index (χ2v) is 18.5. The van der Waals surface area contributed by atoms with Crippen molar-refractivity contribution in [3.63, 3.8) is 0 Å². The molecule has 3 rings (SSSR count). The van der Waals surface area contributed by atoms with Crippen LogP contribution in [0.2, 0.25) is 0 Å². The van der Waals surface area contributed by atoms with Crippen molar-refractivity contribution >= 4 is 59.9 Å². The van der Waals surface area contributed by atoms with Crippen LogP contribution in [0.5, 0.6) is 5.75 Å². The number of amides is 7. The smallest absolute Gasteiger partial charge is 0.326 e. The standard InChI is InChI=1S/C47H70N8O11S/c1-8-9-14-32(40(58)52-35(23-56)42(60)51-34(47(65)66)20-28-15-17-31(57)18-16-28)49-43(61)37-21-29-12-10-11-13-30(29)22-55(37)46(64)36(24-67)53-41(59)33(19-25(2)3)50-45(63)39(27(6)7)54-44(62)38(48)26(4)5/h10-13,15-18,25-27,32-39,56-57,67H,8-9,14,19-24,48H2,1-7H3,(H,49,61)(H,50,63)(H,51,60)(H,52,58)(H,53,59)(H,54,62)(H,65,66)/t32-,33-,34-,35-,36-,37-,38-,39-/m0/s1. The minimum absolute atomic E-state index is 0.0332. The highest BCUT2D eigenvalue weighted by molar-refractivity contribution is 7.80. The number of aliphatic hydroxyl groups excluding tert-OH is 1. The highest BCUT2D eigenvalue weighted by Gasteiger charge is 2.40. The summed E-state index contributed by atoms with van der Waals surface area (Å²) in [6.45, 7) is 11.7. The molecule has 8 atom stereocenters. The number of hydrogen-bond acceptors (Lipinski definition) is 12. The topological polar surface area (TPSA) is 299 Å². The van der Waals surface area contributed by atoms with Crippen LogP contribution in [0.15, 0.2) is 48.5 Å². The summed E-state index contributed by atoms with van der Waals surface area (Å²) < 4.78 is 0. The Hall–Kier alpha value is -5.73. The van der Waals surface area contributed by atoms with Crippen LogP contribution in [0.3, 0.4) is 0 Å². The van der Waals surface area contributed by atoms with Gasteiger partial charge in [-0.15, -0.1) is 0 Å². The van der Waals surface area contributed by atoms with Crippen LogP contribution in [0.25, 0.3) is 0 Å². The first-order valence-corrected chi connectivity index (χ1v) is 23.4. The van der Waals surface area contributed by atoms with E-state index in [9.17, 15) is 53.7 Å². The summed E-state index contributed by atoms with van der Waals surface area (Å²) in [6, 6.07) is 3.12. The molecule has 0 spiro atoms. The number of carboxylic acid groups (broad SMARTS) is 1. The van der Waals surface area contributed by atoms with Gasteiger partial charge in [0, 0.05) is 25.1 Å². The number of aliphatic carboxylic acids is 1. The van der Waals surface area contributed by atoms with Gasteiger partial charge in [0.2, 0.25) is 41.4 Å². The van der Waals surface area contributed by atoms with Crippen molar-refractivity contribution in [3.8, 4) is 5.75 Å². The highest BCUT2D eigenvalue weighted by Crippen LogP contribution is 2.25. The van der Waals surface area contributed by atoms with Gasteiger partial charge in [0.1, 0.15) is 48.0 Å². The zero-order chi connectivity index (χ0) is 50.1. The predicted octanol–water partition coefficient (Wildman–Crippen LogP) is 0.679. The Morgan fingerprint density at radius 2 is 1.28 bits per heavy atom. The van der Waals surface area contributed by atoms with Gasteiger partial charge < -0.3 is 57.9 Å². The minimum Gasteiger partial charge on any atom is -0.508 e. The predicted molar refractivity (Wildman–Crippen MR) is 253 cm³/mol. The molecule has 67 heavy (non-hydrogen) atoms. The van der Waals surface area contributed by atoms with Gasteiger partial charge in [-0.1, -0.05) is 97.7 Å². The monoisotopic (exact) mass is 954 g/mol. The maximum Gasteiger partial charge on any atom is 0.326 e. The second-order valence-electron chi connectivity index (χ2n) is 18.1. The fraction of sp³-hybridized carbons (Fsp3) is 0.574. The molecule has 0 bridgehead atoms. The Labute approximate surface area is 397 Å². The maximum absolute atomic E-state index is 14.5. The Balaban J connectivity index is 1.84. The zero-order valence-electron chi connectivity index (χ0n) is 39.4. The van der Waals surface area contributed by atoms with Crippen LogP contribution in [0.1, 0.15) is 90.8 Å². The molecule has 1 aliphatic rings. The van der Waals surface area contributed by atoms with E-state index >= 15 is 0 Å². The third kappa shape index (κ3) is 16.5. The molecule has 0 aliphatic carbocycles. The molecule has 0 saturated heterocycles. The molecule has 7 amide bonds. The number of aromatic hydroxyl groups is 1. The molecule has 1 aliphatic heterocycles. The summed E-state index contributed by atoms with van der Waals surface area (Å²) in [5, 5.41) is 45.3. The highest BCUT2D eigenvalue weighted by atomic mass is 32.1. The lowest BCUT2D eigenvalue weighted by Gasteiger charge is -2.38. The number of hydrogen-bond donors (Lipinski definition) is 11. The van der Waals surface area contributed by atoms with E-state index < -0.39 is 102 Å². The number of carboxylic acids is 1. The Kier molecular flexibility index (Phi) is 22.0. The van der Waals surface area contributed by atoms with Crippen molar-refractivity contribution < 1.29 is 53.7 Å². The van der Waals surface area contributed by atoms with Crippen molar-refractivity contribution in [2.45, 2.75) is 142 Å². The number of benzene rings is 2. The van der Waals surface area contributed by atoms with E-state index in [1.165, 1.54) is 29.2 Å². The van der Waals surface area contributed by atoms with Crippen molar-refractivity contribution in [1.29, 1.82) is 0 Å². The van der Waals surface area contributed by atoms with E-state index in [2.05, 4.69) is 44.5 Å². The van der Waals surface area contributed by atoms with Crippen LogP contribution in [-0.2, 0) is 57.7 Å². The number of nitrogens with two attached hydrogens (primary N) is 1. The van der Waals surface area contributed by atoms with Crippen molar-refractivity contribution in [2.24, 2.45) is 23.5 Å². The third-order valence-corrected chi connectivity index (χ3v) is 11.9. The fourth-order valence-electron chi connectivity index (χ4n) is 7.45. The summed E-state index contributed by atoms with van der Waals surface area (Å²) in [4.78, 5) is 110. The van der Waals surface area contributed by atoms with E-state index in [0.717, 1.165) is 11.1 Å². The SMILES string of the molecule is CCCC[C@H](NC(=O)[C@@H]1Cc2ccccc2CN1C(=O)[C@H](CS)NC(=O)[C@H](CC(C)C)NC(=O)[C@@H](NC(=O)[C@@H](N)C(C)C)C(C)C)C(=O)N[C@@H](CO)C(=O)N[C@@H](Cc1ccc(O)cc1)C(=O)O. The first-order valence-electron chi connectivity index (χ1n) is 22.8. The van der Waals surface area contributed by atoms with Crippen LogP contribution in [0, 0.1) is 17.8 Å². The first kappa shape index (κ1) is 55.6. The van der Waals surface area contributed by atoms with E-state index in [4.69, 9.17) is 5.73 Å². The molecule has 11 N–H and O–H groups in total. The second kappa shape index (κ2) is 26.6. The van der Waals surface area contributed by atoms with Gasteiger partial charge in [0.15, 0.2) is 0 Å².